The third kappa shape index (κ3) is 5.10. The molecule has 0 aliphatic heterocycles. The van der Waals surface area contributed by atoms with E-state index >= 15 is 0 Å². The lowest BCUT2D eigenvalue weighted by Crippen LogP contribution is -2.31. The van der Waals surface area contributed by atoms with Crippen LogP contribution in [0.5, 0.6) is 0 Å². The minimum Gasteiger partial charge on any atom is -0.0596 e. The molecule has 0 saturated heterocycles. The van der Waals surface area contributed by atoms with Gasteiger partial charge in [0.05, 0.1) is 0 Å². The molecule has 0 spiro atoms. The summed E-state index contributed by atoms with van der Waals surface area (Å²) in [5.41, 5.74) is 5.25. The van der Waals surface area contributed by atoms with Gasteiger partial charge in [0.1, 0.15) is 0 Å². The van der Waals surface area contributed by atoms with Crippen LogP contribution in [-0.2, 0) is 10.8 Å². The number of hydrogen-bond donors (Lipinski definition) is 0. The molecule has 0 fully saturated rings. The molecule has 23 heavy (non-hydrogen) atoms. The van der Waals surface area contributed by atoms with Crippen LogP contribution in [-0.4, -0.2) is 0 Å². The fourth-order valence-electron chi connectivity index (χ4n) is 3.98. The third-order valence-electron chi connectivity index (χ3n) is 4.75. The number of benzene rings is 1. The summed E-state index contributed by atoms with van der Waals surface area (Å²) in [6.07, 6.45) is 0. The lowest BCUT2D eigenvalue weighted by molar-refractivity contribution is 0.176. The maximum atomic E-state index is 2.47. The van der Waals surface area contributed by atoms with Crippen molar-refractivity contribution in [2.75, 3.05) is 0 Å². The molecule has 1 aromatic carbocycles. The van der Waals surface area contributed by atoms with Crippen molar-refractivity contribution in [1.29, 1.82) is 0 Å². The Kier molecular flexibility index (Phi) is 5.23. The molecule has 0 amide bonds. The van der Waals surface area contributed by atoms with E-state index in [4.69, 9.17) is 0 Å². The van der Waals surface area contributed by atoms with Crippen molar-refractivity contribution in [2.45, 2.75) is 99.8 Å². The molecular formula is C23H40. The van der Waals surface area contributed by atoms with E-state index in [0.717, 1.165) is 0 Å². The van der Waals surface area contributed by atoms with Gasteiger partial charge in [0.2, 0.25) is 0 Å². The van der Waals surface area contributed by atoms with Gasteiger partial charge in [-0.05, 0) is 44.3 Å². The zero-order chi connectivity index (χ0) is 18.4. The molecule has 0 radical (unpaired) electrons. The molecule has 1 aromatic rings. The molecule has 1 rings (SSSR count). The molecular weight excluding hydrogens is 276 g/mol. The van der Waals surface area contributed by atoms with Gasteiger partial charge in [-0.15, -0.1) is 0 Å². The number of rotatable bonds is 1. The van der Waals surface area contributed by atoms with E-state index < -0.39 is 0 Å². The van der Waals surface area contributed by atoms with Crippen LogP contribution in [0, 0.1) is 10.8 Å². The maximum absolute atomic E-state index is 2.47. The second-order valence-corrected chi connectivity index (χ2v) is 11.5. The Bertz CT molecular complexity index is 487. The summed E-state index contributed by atoms with van der Waals surface area (Å²) >= 11 is 0. The molecule has 0 heteroatoms. The van der Waals surface area contributed by atoms with Crippen molar-refractivity contribution < 1.29 is 0 Å². The van der Waals surface area contributed by atoms with Crippen LogP contribution in [0.4, 0.5) is 0 Å². The van der Waals surface area contributed by atoms with Crippen molar-refractivity contribution in [3.63, 3.8) is 0 Å². The first kappa shape index (κ1) is 20.3. The molecule has 0 nitrogen and oxygen atoms in total. The lowest BCUT2D eigenvalue weighted by Gasteiger charge is -2.42. The Morgan fingerprint density at radius 2 is 0.826 bits per heavy atom. The van der Waals surface area contributed by atoms with E-state index in [1.807, 2.05) is 0 Å². The van der Waals surface area contributed by atoms with Crippen LogP contribution < -0.4 is 0 Å². The summed E-state index contributed by atoms with van der Waals surface area (Å²) in [7, 11) is 0. The van der Waals surface area contributed by atoms with Gasteiger partial charge in [-0.2, -0.15) is 0 Å². The van der Waals surface area contributed by atoms with E-state index in [-0.39, 0.29) is 21.7 Å². The van der Waals surface area contributed by atoms with Gasteiger partial charge in [-0.1, -0.05) is 101 Å². The lowest BCUT2D eigenvalue weighted by atomic mass is 9.62. The van der Waals surface area contributed by atoms with Crippen LogP contribution in [0.25, 0.3) is 0 Å². The van der Waals surface area contributed by atoms with Gasteiger partial charge >= 0.3 is 0 Å². The molecule has 0 aromatic heterocycles. The van der Waals surface area contributed by atoms with Crippen molar-refractivity contribution in [2.24, 2.45) is 10.8 Å². The molecule has 0 atom stereocenters. The Balaban J connectivity index is 3.69. The normalized spacial score (nSPS) is 14.5. The molecule has 0 saturated carbocycles. The Hall–Kier alpha value is -0.780. The second-order valence-electron chi connectivity index (χ2n) is 11.5. The highest BCUT2D eigenvalue weighted by atomic mass is 14.4. The average molecular weight is 317 g/mol. The van der Waals surface area contributed by atoms with Crippen LogP contribution in [0.1, 0.15) is 106 Å². The quantitative estimate of drug-likeness (QED) is 0.504. The fourth-order valence-corrected chi connectivity index (χ4v) is 3.98. The van der Waals surface area contributed by atoms with Gasteiger partial charge < -0.3 is 0 Å². The van der Waals surface area contributed by atoms with Crippen LogP contribution in [0.3, 0.4) is 0 Å². The summed E-state index contributed by atoms with van der Waals surface area (Å²) in [4.78, 5) is 0. The van der Waals surface area contributed by atoms with Crippen molar-refractivity contribution in [3.8, 4) is 0 Å². The predicted octanol–water partition coefficient (Wildman–Crippen LogP) is 7.46. The minimum absolute atomic E-state index is 0.177. The summed E-state index contributed by atoms with van der Waals surface area (Å²) < 4.78 is 0. The molecule has 0 unspecified atom stereocenters. The summed E-state index contributed by atoms with van der Waals surface area (Å²) in [6, 6.07) is 7.36. The Morgan fingerprint density at radius 1 is 0.522 bits per heavy atom. The van der Waals surface area contributed by atoms with Crippen molar-refractivity contribution in [3.05, 3.63) is 34.9 Å². The highest BCUT2D eigenvalue weighted by Crippen LogP contribution is 2.48. The summed E-state index contributed by atoms with van der Waals surface area (Å²) in [6.45, 7) is 28.2. The summed E-state index contributed by atoms with van der Waals surface area (Å²) in [5, 5.41) is 0. The van der Waals surface area contributed by atoms with E-state index in [9.17, 15) is 0 Å². The first-order valence-corrected chi connectivity index (χ1v) is 9.10. The average Bonchev–Trinajstić information content (AvgIpc) is 2.21. The monoisotopic (exact) mass is 316 g/mol. The van der Waals surface area contributed by atoms with Gasteiger partial charge in [0, 0.05) is 0 Å². The van der Waals surface area contributed by atoms with Gasteiger partial charge in [0.25, 0.3) is 0 Å². The van der Waals surface area contributed by atoms with Gasteiger partial charge in [0.15, 0.2) is 0 Å². The van der Waals surface area contributed by atoms with E-state index in [1.54, 1.807) is 0 Å². The SMILES string of the molecule is CC(C)(C)c1cc(C(C(C)(C)C)C(C)(C)C)cc(C(C)(C)C)c1. The molecule has 0 aliphatic carbocycles. The van der Waals surface area contributed by atoms with Crippen LogP contribution in [0.15, 0.2) is 18.2 Å². The fraction of sp³-hybridized carbons (Fsp3) is 0.739. The molecule has 0 aliphatic rings. The summed E-state index contributed by atoms with van der Waals surface area (Å²) in [5.74, 6) is 0.526. The first-order valence-electron chi connectivity index (χ1n) is 9.10. The highest BCUT2D eigenvalue weighted by molar-refractivity contribution is 5.40. The smallest absolute Gasteiger partial charge is 0.00644 e. The Labute approximate surface area is 146 Å². The Morgan fingerprint density at radius 3 is 1.04 bits per heavy atom. The van der Waals surface area contributed by atoms with Crippen molar-refractivity contribution in [1.82, 2.24) is 0 Å². The topological polar surface area (TPSA) is 0 Å². The largest absolute Gasteiger partial charge is 0.0596 e. The standard InChI is InChI=1S/C23H40/c1-20(2,3)17-13-16(14-18(15-17)21(4,5)6)19(22(7,8)9)23(10,11)12/h13-15,19H,1-12H3. The molecule has 0 bridgehead atoms. The van der Waals surface area contributed by atoms with Crippen LogP contribution >= 0.6 is 0 Å². The van der Waals surface area contributed by atoms with Crippen molar-refractivity contribution >= 4 is 0 Å². The minimum atomic E-state index is 0.177. The maximum Gasteiger partial charge on any atom is -0.00644 e. The highest BCUT2D eigenvalue weighted by Gasteiger charge is 2.37. The first-order chi connectivity index (χ1) is 9.94. The zero-order valence-electron chi connectivity index (χ0n) is 17.8. The zero-order valence-corrected chi connectivity index (χ0v) is 17.8. The van der Waals surface area contributed by atoms with Crippen LogP contribution in [0.2, 0.25) is 0 Å². The van der Waals surface area contributed by atoms with E-state index in [0.29, 0.717) is 5.92 Å². The second kappa shape index (κ2) is 5.94. The van der Waals surface area contributed by atoms with Gasteiger partial charge in [-0.3, -0.25) is 0 Å². The predicted molar refractivity (Wildman–Crippen MR) is 105 cm³/mol. The number of hydrogen-bond acceptors (Lipinski definition) is 0. The third-order valence-corrected chi connectivity index (χ3v) is 4.75. The van der Waals surface area contributed by atoms with E-state index in [2.05, 4.69) is 101 Å². The molecule has 0 heterocycles. The molecule has 132 valence electrons. The molecule has 0 N–H and O–H groups in total. The van der Waals surface area contributed by atoms with E-state index in [1.165, 1.54) is 16.7 Å². The van der Waals surface area contributed by atoms with Gasteiger partial charge in [-0.25, -0.2) is 0 Å².